The Labute approximate surface area is 145 Å². The summed E-state index contributed by atoms with van der Waals surface area (Å²) in [6.07, 6.45) is 3.29. The highest BCUT2D eigenvalue weighted by Crippen LogP contribution is 2.17. The van der Waals surface area contributed by atoms with Crippen LogP contribution in [0.3, 0.4) is 0 Å². The van der Waals surface area contributed by atoms with Crippen LogP contribution in [0, 0.1) is 17.8 Å². The summed E-state index contributed by atoms with van der Waals surface area (Å²) in [5.74, 6) is 0.768. The lowest BCUT2D eigenvalue weighted by Crippen LogP contribution is -2.13. The Morgan fingerprint density at radius 2 is 2.08 bits per heavy atom. The minimum Gasteiger partial charge on any atom is -0.366 e. The van der Waals surface area contributed by atoms with E-state index in [1.807, 2.05) is 24.6 Å². The van der Waals surface area contributed by atoms with E-state index in [1.165, 1.54) is 0 Å². The molecular formula is C19H16N5O. The molecule has 0 spiro atoms. The highest BCUT2D eigenvalue weighted by atomic mass is 16.1. The summed E-state index contributed by atoms with van der Waals surface area (Å²) in [7, 11) is 0. The Hall–Kier alpha value is -3.46. The lowest BCUT2D eigenvalue weighted by atomic mass is 10.0. The molecule has 123 valence electrons. The fraction of sp³-hybridized carbons (Fsp3) is 0.105. The van der Waals surface area contributed by atoms with Crippen molar-refractivity contribution in [1.82, 2.24) is 15.2 Å². The van der Waals surface area contributed by atoms with Crippen LogP contribution >= 0.6 is 0 Å². The molecule has 3 N–H and O–H groups in total. The van der Waals surface area contributed by atoms with Gasteiger partial charge in [-0.25, -0.2) is 4.98 Å². The molecule has 3 aromatic rings. The number of H-pyrrole nitrogens is 1. The van der Waals surface area contributed by atoms with Gasteiger partial charge in [-0.1, -0.05) is 30.3 Å². The first-order chi connectivity index (χ1) is 12.2. The first-order valence-electron chi connectivity index (χ1n) is 7.81. The largest absolute Gasteiger partial charge is 0.366 e. The third-order valence-corrected chi connectivity index (χ3v) is 3.79. The summed E-state index contributed by atoms with van der Waals surface area (Å²) in [6, 6.07) is 16.5. The van der Waals surface area contributed by atoms with Crippen LogP contribution in [-0.2, 0) is 6.42 Å². The summed E-state index contributed by atoms with van der Waals surface area (Å²) < 4.78 is 0. The van der Waals surface area contributed by atoms with Crippen LogP contribution in [0.2, 0.25) is 0 Å². The number of nitriles is 1. The number of aryl methyl sites for hydroxylation is 1. The summed E-state index contributed by atoms with van der Waals surface area (Å²) in [4.78, 5) is 15.8. The number of benzene rings is 2. The van der Waals surface area contributed by atoms with Crippen molar-refractivity contribution in [2.45, 2.75) is 12.8 Å². The first kappa shape index (κ1) is 16.4. The average molecular weight is 330 g/mol. The number of hydrogen-bond acceptors (Lipinski definition) is 4. The predicted octanol–water partition coefficient (Wildman–Crippen LogP) is 2.63. The van der Waals surface area contributed by atoms with E-state index in [9.17, 15) is 4.79 Å². The molecule has 3 rings (SSSR count). The Morgan fingerprint density at radius 1 is 1.24 bits per heavy atom. The number of nitrogens with one attached hydrogen (secondary N) is 1. The highest BCUT2D eigenvalue weighted by Gasteiger charge is 2.09. The summed E-state index contributed by atoms with van der Waals surface area (Å²) in [5, 5.41) is 16.0. The van der Waals surface area contributed by atoms with Gasteiger partial charge in [-0.2, -0.15) is 10.4 Å². The molecule has 25 heavy (non-hydrogen) atoms. The van der Waals surface area contributed by atoms with Gasteiger partial charge in [0.15, 0.2) is 5.82 Å². The quantitative estimate of drug-likeness (QED) is 0.724. The second-order valence-corrected chi connectivity index (χ2v) is 5.50. The molecule has 0 atom stereocenters. The van der Waals surface area contributed by atoms with Crippen molar-refractivity contribution in [3.8, 4) is 17.5 Å². The van der Waals surface area contributed by atoms with Gasteiger partial charge >= 0.3 is 0 Å². The third kappa shape index (κ3) is 3.90. The van der Waals surface area contributed by atoms with Crippen molar-refractivity contribution in [2.24, 2.45) is 5.73 Å². The zero-order valence-electron chi connectivity index (χ0n) is 13.4. The topological polar surface area (TPSA) is 108 Å². The van der Waals surface area contributed by atoms with Gasteiger partial charge in [0, 0.05) is 17.5 Å². The molecule has 1 radical (unpaired) electrons. The van der Waals surface area contributed by atoms with E-state index in [0.29, 0.717) is 35.6 Å². The average Bonchev–Trinajstić information content (AvgIpc) is 3.11. The fourth-order valence-electron chi connectivity index (χ4n) is 2.57. The van der Waals surface area contributed by atoms with E-state index >= 15 is 0 Å². The predicted molar refractivity (Wildman–Crippen MR) is 93.2 cm³/mol. The minimum absolute atomic E-state index is 0.421. The van der Waals surface area contributed by atoms with Gasteiger partial charge < -0.3 is 5.73 Å². The van der Waals surface area contributed by atoms with Gasteiger partial charge in [0.2, 0.25) is 5.91 Å². The number of primary amides is 1. The maximum Gasteiger partial charge on any atom is 0.248 e. The Kier molecular flexibility index (Phi) is 4.86. The van der Waals surface area contributed by atoms with Crippen LogP contribution in [0.25, 0.3) is 11.4 Å². The molecule has 1 heterocycles. The van der Waals surface area contributed by atoms with Gasteiger partial charge in [-0.15, -0.1) is 0 Å². The van der Waals surface area contributed by atoms with Crippen LogP contribution in [0.5, 0.6) is 0 Å². The molecule has 0 saturated carbocycles. The second kappa shape index (κ2) is 7.41. The number of carbonyl (C=O) groups excluding carboxylic acids is 1. The molecule has 0 bridgehead atoms. The van der Waals surface area contributed by atoms with Gasteiger partial charge in [-0.05, 0) is 36.6 Å². The molecule has 0 saturated heterocycles. The van der Waals surface area contributed by atoms with Gasteiger partial charge in [0.1, 0.15) is 5.82 Å². The van der Waals surface area contributed by atoms with Crippen molar-refractivity contribution in [3.05, 3.63) is 77.5 Å². The number of aromatic amines is 1. The number of hydrogen-bond donors (Lipinski definition) is 2. The monoisotopic (exact) mass is 330 g/mol. The van der Waals surface area contributed by atoms with Crippen LogP contribution in [0.1, 0.15) is 33.7 Å². The number of rotatable bonds is 6. The lowest BCUT2D eigenvalue weighted by Gasteiger charge is -2.05. The van der Waals surface area contributed by atoms with E-state index in [0.717, 1.165) is 11.1 Å². The first-order valence-corrected chi connectivity index (χ1v) is 7.81. The van der Waals surface area contributed by atoms with E-state index in [4.69, 9.17) is 11.0 Å². The van der Waals surface area contributed by atoms with Crippen molar-refractivity contribution < 1.29 is 4.79 Å². The van der Waals surface area contributed by atoms with Crippen LogP contribution in [0.4, 0.5) is 0 Å². The molecule has 6 heteroatoms. The van der Waals surface area contributed by atoms with E-state index in [2.05, 4.69) is 21.3 Å². The normalized spacial score (nSPS) is 10.4. The highest BCUT2D eigenvalue weighted by molar-refractivity contribution is 5.94. The maximum absolute atomic E-state index is 11.4. The summed E-state index contributed by atoms with van der Waals surface area (Å²) >= 11 is 0. The number of aromatic nitrogens is 3. The second-order valence-electron chi connectivity index (χ2n) is 5.50. The number of carbonyl (C=O) groups is 1. The van der Waals surface area contributed by atoms with Crippen LogP contribution in [0.15, 0.2) is 48.5 Å². The van der Waals surface area contributed by atoms with E-state index < -0.39 is 5.91 Å². The standard InChI is InChI=1S/C19H16N5O/c20-12-13-5-3-8-15(11-13)19-22-17(23-24-19)10-4-7-14-6-1-2-9-16(14)18(21)25/h1-3,5-6,8-11H,4,7H2,(H2,21,25)(H,22,23,24). The van der Waals surface area contributed by atoms with E-state index in [-0.39, 0.29) is 0 Å². The van der Waals surface area contributed by atoms with Crippen molar-refractivity contribution in [3.63, 3.8) is 0 Å². The molecule has 1 amide bonds. The molecular weight excluding hydrogens is 314 g/mol. The molecule has 0 aliphatic rings. The van der Waals surface area contributed by atoms with Gasteiger partial charge in [-0.3, -0.25) is 9.89 Å². The molecule has 6 nitrogen and oxygen atoms in total. The number of amides is 1. The molecule has 0 aliphatic heterocycles. The third-order valence-electron chi connectivity index (χ3n) is 3.79. The number of nitrogens with two attached hydrogens (primary N) is 1. The molecule has 0 unspecified atom stereocenters. The van der Waals surface area contributed by atoms with Crippen molar-refractivity contribution in [1.29, 1.82) is 5.26 Å². The molecule has 0 fully saturated rings. The Morgan fingerprint density at radius 3 is 2.88 bits per heavy atom. The minimum atomic E-state index is -0.421. The molecule has 1 aromatic heterocycles. The SMILES string of the molecule is N#Cc1cccc(-c2n[nH]c([CH]CCc3ccccc3C(N)=O)n2)c1. The van der Waals surface area contributed by atoms with Crippen molar-refractivity contribution >= 4 is 5.91 Å². The Balaban J connectivity index is 1.65. The Bertz CT molecular complexity index is 939. The smallest absolute Gasteiger partial charge is 0.248 e. The summed E-state index contributed by atoms with van der Waals surface area (Å²) in [5.41, 5.74) is 8.19. The zero-order chi connectivity index (χ0) is 17.6. The van der Waals surface area contributed by atoms with E-state index in [1.54, 1.807) is 30.3 Å². The van der Waals surface area contributed by atoms with Crippen molar-refractivity contribution in [2.75, 3.05) is 0 Å². The lowest BCUT2D eigenvalue weighted by molar-refractivity contribution is 0.0999. The van der Waals surface area contributed by atoms with Crippen LogP contribution < -0.4 is 5.73 Å². The van der Waals surface area contributed by atoms with Gasteiger partial charge in [0.05, 0.1) is 11.6 Å². The number of nitrogens with zero attached hydrogens (tertiary/aromatic N) is 3. The summed E-state index contributed by atoms with van der Waals surface area (Å²) in [6.45, 7) is 0. The molecule has 0 aliphatic carbocycles. The van der Waals surface area contributed by atoms with Gasteiger partial charge in [0.25, 0.3) is 0 Å². The molecule has 2 aromatic carbocycles. The maximum atomic E-state index is 11.4. The van der Waals surface area contributed by atoms with Crippen LogP contribution in [-0.4, -0.2) is 21.1 Å². The zero-order valence-corrected chi connectivity index (χ0v) is 13.4. The fourth-order valence-corrected chi connectivity index (χ4v) is 2.57.